The highest BCUT2D eigenvalue weighted by Crippen LogP contribution is 2.40. The molecule has 0 radical (unpaired) electrons. The second kappa shape index (κ2) is 6.65. The minimum absolute atomic E-state index is 0.0485. The molecule has 0 aliphatic carbocycles. The van der Waals surface area contributed by atoms with Gasteiger partial charge in [0.25, 0.3) is 0 Å². The molecule has 21 heavy (non-hydrogen) atoms. The number of likely N-dealkylation sites (N-methyl/N-ethyl adjacent to an activating group) is 1. The summed E-state index contributed by atoms with van der Waals surface area (Å²) in [5.74, 6) is 1.01. The van der Waals surface area contributed by atoms with Crippen molar-refractivity contribution in [3.63, 3.8) is 0 Å². The lowest BCUT2D eigenvalue weighted by Gasteiger charge is -2.21. The van der Waals surface area contributed by atoms with Crippen LogP contribution in [0.15, 0.2) is 53.4 Å². The minimum Gasteiger partial charge on any atom is -0.367 e. The molecule has 1 aliphatic rings. The van der Waals surface area contributed by atoms with E-state index in [0.29, 0.717) is 0 Å². The molecule has 1 aliphatic heterocycles. The zero-order valence-electron chi connectivity index (χ0n) is 12.6. The Morgan fingerprint density at radius 3 is 2.57 bits per heavy atom. The first-order chi connectivity index (χ1) is 10.3. The molecule has 3 rings (SSSR count). The van der Waals surface area contributed by atoms with Crippen molar-refractivity contribution in [3.8, 4) is 0 Å². The lowest BCUT2D eigenvalue weighted by molar-refractivity contribution is 0.0670. The van der Waals surface area contributed by atoms with Crippen molar-refractivity contribution >= 4 is 11.8 Å². The molecule has 0 N–H and O–H groups in total. The van der Waals surface area contributed by atoms with E-state index in [0.717, 1.165) is 18.9 Å². The predicted octanol–water partition coefficient (Wildman–Crippen LogP) is 3.96. The smallest absolute Gasteiger partial charge is 0.109 e. The molecule has 1 heterocycles. The van der Waals surface area contributed by atoms with E-state index in [4.69, 9.17) is 4.74 Å². The summed E-state index contributed by atoms with van der Waals surface area (Å²) >= 11 is 1.91. The largest absolute Gasteiger partial charge is 0.367 e. The van der Waals surface area contributed by atoms with Gasteiger partial charge in [0, 0.05) is 17.2 Å². The number of benzene rings is 2. The molecular weight excluding hydrogens is 278 g/mol. The Kier molecular flexibility index (Phi) is 4.63. The summed E-state index contributed by atoms with van der Waals surface area (Å²) in [6.07, 6.45) is 0.0485. The van der Waals surface area contributed by atoms with E-state index in [-0.39, 0.29) is 6.10 Å². The van der Waals surface area contributed by atoms with Gasteiger partial charge in [-0.3, -0.25) is 0 Å². The highest BCUT2D eigenvalue weighted by Gasteiger charge is 2.24. The second-order valence-corrected chi connectivity index (χ2v) is 6.60. The quantitative estimate of drug-likeness (QED) is 0.848. The van der Waals surface area contributed by atoms with Gasteiger partial charge in [-0.2, -0.15) is 0 Å². The van der Waals surface area contributed by atoms with E-state index in [1.165, 1.54) is 21.6 Å². The Morgan fingerprint density at radius 1 is 1.05 bits per heavy atom. The Balaban J connectivity index is 1.95. The molecule has 0 saturated carbocycles. The first-order valence-corrected chi connectivity index (χ1v) is 8.30. The summed E-state index contributed by atoms with van der Waals surface area (Å²) in [4.78, 5) is 3.49. The summed E-state index contributed by atoms with van der Waals surface area (Å²) in [7, 11) is 4.16. The van der Waals surface area contributed by atoms with Gasteiger partial charge >= 0.3 is 0 Å². The molecule has 3 heteroatoms. The van der Waals surface area contributed by atoms with Crippen LogP contribution in [0.3, 0.4) is 0 Å². The maximum Gasteiger partial charge on any atom is 0.109 e. The molecular formula is C18H21NOS. The van der Waals surface area contributed by atoms with Gasteiger partial charge in [-0.1, -0.05) is 42.5 Å². The van der Waals surface area contributed by atoms with Crippen LogP contribution >= 0.6 is 11.8 Å². The van der Waals surface area contributed by atoms with Crippen LogP contribution in [-0.2, 0) is 10.5 Å². The standard InChI is InChI=1S/C18H21NOS/c1-19(2)11-12-20-18-15-8-4-3-7-14(15)13-21-17-10-6-5-9-16(17)18/h3-10,18H,11-13H2,1-2H3/t18-/m1/s1. The molecule has 0 aromatic heterocycles. The summed E-state index contributed by atoms with van der Waals surface area (Å²) in [5, 5.41) is 0. The average molecular weight is 299 g/mol. The zero-order chi connectivity index (χ0) is 14.7. The summed E-state index contributed by atoms with van der Waals surface area (Å²) < 4.78 is 6.27. The number of fused-ring (bicyclic) bond motifs is 2. The Morgan fingerprint density at radius 2 is 1.76 bits per heavy atom. The summed E-state index contributed by atoms with van der Waals surface area (Å²) in [5.41, 5.74) is 3.99. The number of hydrogen-bond acceptors (Lipinski definition) is 3. The third-order valence-corrected chi connectivity index (χ3v) is 4.88. The number of thioether (sulfide) groups is 1. The van der Waals surface area contributed by atoms with Crippen LogP contribution in [0.25, 0.3) is 0 Å². The van der Waals surface area contributed by atoms with Crippen molar-refractivity contribution in [2.45, 2.75) is 16.8 Å². The number of rotatable bonds is 4. The van der Waals surface area contributed by atoms with Gasteiger partial charge in [0.2, 0.25) is 0 Å². The van der Waals surface area contributed by atoms with Gasteiger partial charge in [0.1, 0.15) is 6.10 Å². The molecule has 2 nitrogen and oxygen atoms in total. The molecule has 0 saturated heterocycles. The van der Waals surface area contributed by atoms with Gasteiger partial charge in [0.05, 0.1) is 6.61 Å². The van der Waals surface area contributed by atoms with Gasteiger partial charge in [0.15, 0.2) is 0 Å². The van der Waals surface area contributed by atoms with E-state index in [2.05, 4.69) is 67.5 Å². The van der Waals surface area contributed by atoms with E-state index in [1.807, 2.05) is 11.8 Å². The van der Waals surface area contributed by atoms with Crippen LogP contribution in [0.1, 0.15) is 22.8 Å². The Bertz CT molecular complexity index is 564. The highest BCUT2D eigenvalue weighted by atomic mass is 32.2. The Hall–Kier alpha value is -1.29. The van der Waals surface area contributed by atoms with Crippen LogP contribution in [0.4, 0.5) is 0 Å². The van der Waals surface area contributed by atoms with Crippen molar-refractivity contribution in [1.82, 2.24) is 4.90 Å². The van der Waals surface area contributed by atoms with Crippen LogP contribution in [-0.4, -0.2) is 32.1 Å². The fourth-order valence-electron chi connectivity index (χ4n) is 2.61. The molecule has 110 valence electrons. The normalized spacial score (nSPS) is 17.2. The molecule has 2 aromatic carbocycles. The van der Waals surface area contributed by atoms with Gasteiger partial charge in [-0.05, 0) is 36.9 Å². The van der Waals surface area contributed by atoms with Gasteiger partial charge in [-0.15, -0.1) is 11.8 Å². The van der Waals surface area contributed by atoms with Crippen LogP contribution in [0.5, 0.6) is 0 Å². The first-order valence-electron chi connectivity index (χ1n) is 7.31. The third kappa shape index (κ3) is 3.31. The maximum atomic E-state index is 6.27. The molecule has 1 atom stereocenters. The third-order valence-electron chi connectivity index (χ3n) is 3.75. The zero-order valence-corrected chi connectivity index (χ0v) is 13.4. The highest BCUT2D eigenvalue weighted by molar-refractivity contribution is 7.98. The van der Waals surface area contributed by atoms with E-state index < -0.39 is 0 Å². The number of nitrogens with zero attached hydrogens (tertiary/aromatic N) is 1. The van der Waals surface area contributed by atoms with Crippen LogP contribution < -0.4 is 0 Å². The second-order valence-electron chi connectivity index (χ2n) is 5.58. The Labute approximate surface area is 131 Å². The fourth-order valence-corrected chi connectivity index (χ4v) is 3.70. The molecule has 0 bridgehead atoms. The van der Waals surface area contributed by atoms with Crippen molar-refractivity contribution in [2.75, 3.05) is 27.2 Å². The SMILES string of the molecule is CN(C)CCO[C@@H]1c2ccccc2CSc2ccccc21. The molecule has 0 unspecified atom stereocenters. The first kappa shape index (κ1) is 14.6. The number of ether oxygens (including phenoxy) is 1. The van der Waals surface area contributed by atoms with Gasteiger partial charge < -0.3 is 9.64 Å². The maximum absolute atomic E-state index is 6.27. The molecule has 2 aromatic rings. The fraction of sp³-hybridized carbons (Fsp3) is 0.333. The van der Waals surface area contributed by atoms with Crippen molar-refractivity contribution in [3.05, 3.63) is 65.2 Å². The van der Waals surface area contributed by atoms with Crippen LogP contribution in [0, 0.1) is 0 Å². The van der Waals surface area contributed by atoms with Crippen molar-refractivity contribution in [2.24, 2.45) is 0 Å². The topological polar surface area (TPSA) is 12.5 Å². The lowest BCUT2D eigenvalue weighted by atomic mass is 9.97. The van der Waals surface area contributed by atoms with Crippen molar-refractivity contribution in [1.29, 1.82) is 0 Å². The van der Waals surface area contributed by atoms with E-state index >= 15 is 0 Å². The summed E-state index contributed by atoms with van der Waals surface area (Å²) in [6.45, 7) is 1.68. The summed E-state index contributed by atoms with van der Waals surface area (Å²) in [6, 6.07) is 17.3. The minimum atomic E-state index is 0.0485. The van der Waals surface area contributed by atoms with Gasteiger partial charge in [-0.25, -0.2) is 0 Å². The number of hydrogen-bond donors (Lipinski definition) is 0. The molecule has 0 fully saturated rings. The van der Waals surface area contributed by atoms with Crippen LogP contribution in [0.2, 0.25) is 0 Å². The lowest BCUT2D eigenvalue weighted by Crippen LogP contribution is -2.20. The average Bonchev–Trinajstić information content (AvgIpc) is 2.65. The molecule has 0 spiro atoms. The van der Waals surface area contributed by atoms with E-state index in [9.17, 15) is 0 Å². The molecule has 0 amide bonds. The van der Waals surface area contributed by atoms with Crippen molar-refractivity contribution < 1.29 is 4.74 Å². The monoisotopic (exact) mass is 299 g/mol. The van der Waals surface area contributed by atoms with E-state index in [1.54, 1.807) is 0 Å². The predicted molar refractivity (Wildman–Crippen MR) is 88.8 cm³/mol.